The van der Waals surface area contributed by atoms with Crippen LogP contribution in [0, 0.1) is 6.92 Å². The molecule has 1 aromatic carbocycles. The number of carbonyl (C=O) groups excluding carboxylic acids is 1. The van der Waals surface area contributed by atoms with E-state index in [9.17, 15) is 4.79 Å². The number of carbonyl (C=O) groups is 1. The summed E-state index contributed by atoms with van der Waals surface area (Å²) in [5.41, 5.74) is 3.95. The second-order valence-electron chi connectivity index (χ2n) is 6.01. The van der Waals surface area contributed by atoms with E-state index < -0.39 is 0 Å². The number of nitrogens with zero attached hydrogens (tertiary/aromatic N) is 2. The van der Waals surface area contributed by atoms with E-state index >= 15 is 0 Å². The van der Waals surface area contributed by atoms with Crippen molar-refractivity contribution in [2.24, 2.45) is 0 Å². The summed E-state index contributed by atoms with van der Waals surface area (Å²) in [6.45, 7) is 4.19. The van der Waals surface area contributed by atoms with Gasteiger partial charge in [-0.05, 0) is 24.1 Å². The molecule has 0 spiro atoms. The zero-order valence-electron chi connectivity index (χ0n) is 14.6. The molecule has 132 valence electrons. The number of fused-ring (bicyclic) bond motifs is 1. The lowest BCUT2D eigenvalue weighted by molar-refractivity contribution is 0.143. The monoisotopic (exact) mass is 341 g/mol. The first-order valence-electron chi connectivity index (χ1n) is 8.39. The largest absolute Gasteiger partial charge is 0.475 e. The van der Waals surface area contributed by atoms with Crippen LogP contribution in [0.25, 0.3) is 0 Å². The summed E-state index contributed by atoms with van der Waals surface area (Å²) in [6, 6.07) is 11.5. The average molecular weight is 341 g/mol. The number of hydrogen-bond donors (Lipinski definition) is 1. The van der Waals surface area contributed by atoms with Gasteiger partial charge in [-0.15, -0.1) is 0 Å². The molecular weight excluding hydrogens is 318 g/mol. The molecule has 0 bridgehead atoms. The lowest BCUT2D eigenvalue weighted by Gasteiger charge is -2.28. The number of benzene rings is 1. The zero-order valence-corrected chi connectivity index (χ0v) is 14.6. The Bertz CT molecular complexity index is 748. The van der Waals surface area contributed by atoms with Crippen molar-refractivity contribution in [3.63, 3.8) is 0 Å². The maximum atomic E-state index is 12.5. The van der Waals surface area contributed by atoms with Crippen LogP contribution in [-0.2, 0) is 17.7 Å². The highest BCUT2D eigenvalue weighted by atomic mass is 16.5. The predicted molar refractivity (Wildman–Crippen MR) is 95.9 cm³/mol. The smallest absolute Gasteiger partial charge is 0.322 e. The maximum absolute atomic E-state index is 12.5. The topological polar surface area (TPSA) is 63.7 Å². The van der Waals surface area contributed by atoms with Gasteiger partial charge in [0.2, 0.25) is 5.88 Å². The lowest BCUT2D eigenvalue weighted by atomic mass is 10.1. The minimum atomic E-state index is -0.0830. The first-order chi connectivity index (χ1) is 12.2. The molecule has 0 unspecified atom stereocenters. The fourth-order valence-electron chi connectivity index (χ4n) is 2.79. The Labute approximate surface area is 147 Å². The van der Waals surface area contributed by atoms with Gasteiger partial charge in [0.1, 0.15) is 6.61 Å². The average Bonchev–Trinajstić information content (AvgIpc) is 2.63. The summed E-state index contributed by atoms with van der Waals surface area (Å²) in [5.74, 6) is 0.605. The molecule has 25 heavy (non-hydrogen) atoms. The van der Waals surface area contributed by atoms with Crippen LogP contribution < -0.4 is 10.1 Å². The Hall–Kier alpha value is -2.60. The Balaban J connectivity index is 1.63. The number of nitrogens with one attached hydrogen (secondary N) is 1. The van der Waals surface area contributed by atoms with Crippen molar-refractivity contribution >= 4 is 11.7 Å². The van der Waals surface area contributed by atoms with Crippen molar-refractivity contribution in [1.82, 2.24) is 9.88 Å². The van der Waals surface area contributed by atoms with E-state index in [1.54, 1.807) is 7.11 Å². The SMILES string of the molecule is COCCOc1ccc2c(n1)CCN(C(=O)Nc1ccccc1C)C2. The highest BCUT2D eigenvalue weighted by molar-refractivity contribution is 5.90. The van der Waals surface area contributed by atoms with Crippen LogP contribution in [0.1, 0.15) is 16.8 Å². The number of aromatic nitrogens is 1. The molecule has 0 fully saturated rings. The van der Waals surface area contributed by atoms with Crippen molar-refractivity contribution in [2.75, 3.05) is 32.2 Å². The highest BCUT2D eigenvalue weighted by Gasteiger charge is 2.22. The van der Waals surface area contributed by atoms with Gasteiger partial charge in [0.05, 0.1) is 12.3 Å². The summed E-state index contributed by atoms with van der Waals surface area (Å²) in [4.78, 5) is 18.9. The van der Waals surface area contributed by atoms with E-state index in [2.05, 4.69) is 10.3 Å². The number of rotatable bonds is 5. The van der Waals surface area contributed by atoms with Gasteiger partial charge in [0.15, 0.2) is 0 Å². The fourth-order valence-corrected chi connectivity index (χ4v) is 2.79. The molecule has 1 aliphatic rings. The standard InChI is InChI=1S/C19H23N3O3/c1-14-5-3-4-6-16(14)21-19(23)22-10-9-17-15(13-22)7-8-18(20-17)25-12-11-24-2/h3-8H,9-13H2,1-2H3,(H,21,23). The molecule has 1 aliphatic heterocycles. The summed E-state index contributed by atoms with van der Waals surface area (Å²) in [5, 5.41) is 2.98. The van der Waals surface area contributed by atoms with E-state index in [0.29, 0.717) is 32.2 Å². The van der Waals surface area contributed by atoms with Crippen LogP contribution in [-0.4, -0.2) is 42.8 Å². The normalized spacial score (nSPS) is 13.3. The molecule has 0 aliphatic carbocycles. The number of hydrogen-bond acceptors (Lipinski definition) is 4. The van der Waals surface area contributed by atoms with Gasteiger partial charge in [-0.1, -0.05) is 24.3 Å². The lowest BCUT2D eigenvalue weighted by Crippen LogP contribution is -2.39. The molecule has 2 heterocycles. The zero-order chi connectivity index (χ0) is 17.6. The van der Waals surface area contributed by atoms with Gasteiger partial charge in [-0.25, -0.2) is 9.78 Å². The number of ether oxygens (including phenoxy) is 2. The van der Waals surface area contributed by atoms with Crippen LogP contribution in [0.15, 0.2) is 36.4 Å². The Kier molecular flexibility index (Phi) is 5.50. The van der Waals surface area contributed by atoms with E-state index in [4.69, 9.17) is 9.47 Å². The molecule has 0 atom stereocenters. The van der Waals surface area contributed by atoms with Crippen LogP contribution in [0.4, 0.5) is 10.5 Å². The molecule has 2 amide bonds. The van der Waals surface area contributed by atoms with Crippen LogP contribution >= 0.6 is 0 Å². The van der Waals surface area contributed by atoms with Crippen molar-refractivity contribution in [3.05, 3.63) is 53.2 Å². The maximum Gasteiger partial charge on any atom is 0.322 e. The molecule has 6 heteroatoms. The molecule has 3 rings (SSSR count). The van der Waals surface area contributed by atoms with E-state index in [-0.39, 0.29) is 6.03 Å². The number of pyridine rings is 1. The van der Waals surface area contributed by atoms with Crippen molar-refractivity contribution in [3.8, 4) is 5.88 Å². The fraction of sp³-hybridized carbons (Fsp3) is 0.368. The molecule has 0 saturated carbocycles. The number of anilines is 1. The highest BCUT2D eigenvalue weighted by Crippen LogP contribution is 2.22. The van der Waals surface area contributed by atoms with Gasteiger partial charge in [0.25, 0.3) is 0 Å². The third-order valence-electron chi connectivity index (χ3n) is 4.23. The van der Waals surface area contributed by atoms with Crippen molar-refractivity contribution < 1.29 is 14.3 Å². The minimum absolute atomic E-state index is 0.0830. The number of para-hydroxylation sites is 1. The molecule has 2 aromatic rings. The van der Waals surface area contributed by atoms with Crippen LogP contribution in [0.2, 0.25) is 0 Å². The van der Waals surface area contributed by atoms with Crippen molar-refractivity contribution in [2.45, 2.75) is 19.9 Å². The molecule has 0 saturated heterocycles. The quantitative estimate of drug-likeness (QED) is 0.849. The van der Waals surface area contributed by atoms with Crippen LogP contribution in [0.5, 0.6) is 5.88 Å². The second kappa shape index (κ2) is 7.98. The number of amides is 2. The third kappa shape index (κ3) is 4.28. The predicted octanol–water partition coefficient (Wildman–Crippen LogP) is 3.01. The summed E-state index contributed by atoms with van der Waals surface area (Å²) in [7, 11) is 1.64. The van der Waals surface area contributed by atoms with E-state index in [1.165, 1.54) is 0 Å². The summed E-state index contributed by atoms with van der Waals surface area (Å²) in [6.07, 6.45) is 0.720. The van der Waals surface area contributed by atoms with Gasteiger partial charge in [-0.3, -0.25) is 0 Å². The molecule has 1 N–H and O–H groups in total. The Morgan fingerprint density at radius 1 is 1.24 bits per heavy atom. The van der Waals surface area contributed by atoms with Crippen LogP contribution in [0.3, 0.4) is 0 Å². The van der Waals surface area contributed by atoms with E-state index in [1.807, 2.05) is 48.2 Å². The van der Waals surface area contributed by atoms with Gasteiger partial charge < -0.3 is 19.7 Å². The van der Waals surface area contributed by atoms with Gasteiger partial charge in [0, 0.05) is 38.4 Å². The van der Waals surface area contributed by atoms with E-state index in [0.717, 1.165) is 28.9 Å². The molecule has 6 nitrogen and oxygen atoms in total. The summed E-state index contributed by atoms with van der Waals surface area (Å²) >= 11 is 0. The minimum Gasteiger partial charge on any atom is -0.475 e. The van der Waals surface area contributed by atoms with Gasteiger partial charge >= 0.3 is 6.03 Å². The van der Waals surface area contributed by atoms with Gasteiger partial charge in [-0.2, -0.15) is 0 Å². The Morgan fingerprint density at radius 2 is 2.08 bits per heavy atom. The second-order valence-corrected chi connectivity index (χ2v) is 6.01. The molecule has 0 radical (unpaired) electrons. The number of methoxy groups -OCH3 is 1. The number of urea groups is 1. The van der Waals surface area contributed by atoms with Crippen molar-refractivity contribution in [1.29, 1.82) is 0 Å². The first kappa shape index (κ1) is 17.2. The third-order valence-corrected chi connectivity index (χ3v) is 4.23. The Morgan fingerprint density at radius 3 is 2.88 bits per heavy atom. The molecule has 1 aromatic heterocycles. The molecular formula is C19H23N3O3. The first-order valence-corrected chi connectivity index (χ1v) is 8.39. The summed E-state index contributed by atoms with van der Waals surface area (Å²) < 4.78 is 10.5. The number of aryl methyl sites for hydroxylation is 1.